The van der Waals surface area contributed by atoms with Gasteiger partial charge in [0, 0.05) is 28.9 Å². The molecule has 0 spiro atoms. The number of anilines is 2. The highest BCUT2D eigenvalue weighted by Gasteiger charge is 2.42. The van der Waals surface area contributed by atoms with E-state index in [2.05, 4.69) is 21.3 Å². The van der Waals surface area contributed by atoms with Crippen molar-refractivity contribution in [3.63, 3.8) is 0 Å². The molecule has 1 fully saturated rings. The number of amides is 6. The summed E-state index contributed by atoms with van der Waals surface area (Å²) in [6.07, 6.45) is 1.26. The highest BCUT2D eigenvalue weighted by molar-refractivity contribution is 6.31. The summed E-state index contributed by atoms with van der Waals surface area (Å²) in [6, 6.07) is 10.4. The molecule has 2 heterocycles. The number of rotatable bonds is 6. The van der Waals surface area contributed by atoms with Crippen molar-refractivity contribution < 1.29 is 24.0 Å². The Bertz CT molecular complexity index is 1310. The number of carbonyl (C=O) groups is 5. The molecule has 186 valence electrons. The molecule has 0 radical (unpaired) electrons. The van der Waals surface area contributed by atoms with E-state index < -0.39 is 35.7 Å². The summed E-state index contributed by atoms with van der Waals surface area (Å²) in [4.78, 5) is 62.1. The standard InChI is InChI=1S/C25H24ClN5O5/c1-13-6-7-17(11-18(13)26)29-25(36)27-14(2)15-4-3-5-16(10-15)28-19-12-22(33)31(24(19)35)20-8-9-21(32)30-23(20)34/h3-7,10-12,14,20,28H,8-9H2,1-2H3,(H2,27,29,36)(H,30,32,34)/t14-,20?/m0/s1. The molecule has 11 heteroatoms. The number of urea groups is 1. The Kier molecular flexibility index (Phi) is 7.07. The first-order chi connectivity index (χ1) is 17.1. The SMILES string of the molecule is Cc1ccc(NC(=O)N[C@@H](C)c2cccc(NC3=CC(=O)N(C4CCC(=O)NC4=O)C3=O)c2)cc1Cl. The van der Waals surface area contributed by atoms with Crippen LogP contribution in [0.3, 0.4) is 0 Å². The number of aryl methyl sites for hydroxylation is 1. The molecule has 4 rings (SSSR count). The molecule has 2 atom stereocenters. The summed E-state index contributed by atoms with van der Waals surface area (Å²) >= 11 is 6.11. The summed E-state index contributed by atoms with van der Waals surface area (Å²) in [5.41, 5.74) is 2.73. The van der Waals surface area contributed by atoms with Crippen LogP contribution in [0, 0.1) is 6.92 Å². The Morgan fingerprint density at radius 3 is 2.61 bits per heavy atom. The van der Waals surface area contributed by atoms with Crippen LogP contribution in [-0.2, 0) is 19.2 Å². The Labute approximate surface area is 212 Å². The smallest absolute Gasteiger partial charge is 0.319 e. The predicted octanol–water partition coefficient (Wildman–Crippen LogP) is 3.00. The zero-order chi connectivity index (χ0) is 26.0. The number of carbonyl (C=O) groups excluding carboxylic acids is 5. The number of nitrogens with one attached hydrogen (secondary N) is 4. The molecule has 0 bridgehead atoms. The van der Waals surface area contributed by atoms with Gasteiger partial charge in [0.15, 0.2) is 0 Å². The first-order valence-electron chi connectivity index (χ1n) is 11.3. The fourth-order valence-corrected chi connectivity index (χ4v) is 4.14. The molecule has 2 aromatic carbocycles. The first-order valence-corrected chi connectivity index (χ1v) is 11.6. The van der Waals surface area contributed by atoms with Gasteiger partial charge in [-0.2, -0.15) is 0 Å². The summed E-state index contributed by atoms with van der Waals surface area (Å²) in [7, 11) is 0. The third-order valence-electron chi connectivity index (χ3n) is 5.92. The molecular formula is C25H24ClN5O5. The normalized spacial score (nSPS) is 18.5. The minimum absolute atomic E-state index is 0.0106. The topological polar surface area (TPSA) is 137 Å². The van der Waals surface area contributed by atoms with Crippen molar-refractivity contribution in [2.75, 3.05) is 10.6 Å². The van der Waals surface area contributed by atoms with E-state index in [1.165, 1.54) is 0 Å². The average Bonchev–Trinajstić information content (AvgIpc) is 3.09. The highest BCUT2D eigenvalue weighted by Crippen LogP contribution is 2.25. The second-order valence-electron chi connectivity index (χ2n) is 8.57. The van der Waals surface area contributed by atoms with Gasteiger partial charge in [0.05, 0.1) is 6.04 Å². The minimum atomic E-state index is -1.03. The molecular weight excluding hydrogens is 486 g/mol. The summed E-state index contributed by atoms with van der Waals surface area (Å²) in [6.45, 7) is 3.67. The number of hydrogen-bond acceptors (Lipinski definition) is 6. The van der Waals surface area contributed by atoms with E-state index in [9.17, 15) is 24.0 Å². The molecule has 10 nitrogen and oxygen atoms in total. The van der Waals surface area contributed by atoms with Crippen LogP contribution in [0.15, 0.2) is 54.2 Å². The van der Waals surface area contributed by atoms with Crippen molar-refractivity contribution in [2.24, 2.45) is 0 Å². The maximum absolute atomic E-state index is 12.9. The van der Waals surface area contributed by atoms with Gasteiger partial charge >= 0.3 is 6.03 Å². The Morgan fingerprint density at radius 1 is 1.11 bits per heavy atom. The molecule has 4 N–H and O–H groups in total. The number of hydrogen-bond donors (Lipinski definition) is 4. The van der Waals surface area contributed by atoms with E-state index in [4.69, 9.17) is 11.6 Å². The van der Waals surface area contributed by atoms with Crippen LogP contribution in [0.2, 0.25) is 5.02 Å². The van der Waals surface area contributed by atoms with E-state index in [0.29, 0.717) is 16.4 Å². The van der Waals surface area contributed by atoms with E-state index >= 15 is 0 Å². The second kappa shape index (κ2) is 10.2. The third kappa shape index (κ3) is 5.38. The van der Waals surface area contributed by atoms with Crippen molar-refractivity contribution in [2.45, 2.75) is 38.8 Å². The van der Waals surface area contributed by atoms with Gasteiger partial charge in [-0.15, -0.1) is 0 Å². The molecule has 2 aromatic rings. The number of nitrogens with zero attached hydrogens (tertiary/aromatic N) is 1. The number of imide groups is 2. The van der Waals surface area contributed by atoms with Gasteiger partial charge in [-0.25, -0.2) is 4.79 Å². The molecule has 6 amide bonds. The highest BCUT2D eigenvalue weighted by atomic mass is 35.5. The van der Waals surface area contributed by atoms with Crippen LogP contribution >= 0.6 is 11.6 Å². The lowest BCUT2D eigenvalue weighted by molar-refractivity contribution is -0.149. The van der Waals surface area contributed by atoms with Crippen molar-refractivity contribution in [3.05, 3.63) is 70.4 Å². The van der Waals surface area contributed by atoms with Gasteiger partial charge < -0.3 is 16.0 Å². The Balaban J connectivity index is 1.39. The Morgan fingerprint density at radius 2 is 1.89 bits per heavy atom. The summed E-state index contributed by atoms with van der Waals surface area (Å²) < 4.78 is 0. The predicted molar refractivity (Wildman–Crippen MR) is 133 cm³/mol. The van der Waals surface area contributed by atoms with Crippen LogP contribution in [0.4, 0.5) is 16.2 Å². The van der Waals surface area contributed by atoms with Crippen molar-refractivity contribution in [1.82, 2.24) is 15.5 Å². The zero-order valence-electron chi connectivity index (χ0n) is 19.6. The van der Waals surface area contributed by atoms with Gasteiger partial charge in [0.25, 0.3) is 11.8 Å². The number of piperidine rings is 1. The van der Waals surface area contributed by atoms with Crippen LogP contribution in [-0.4, -0.2) is 40.6 Å². The van der Waals surface area contributed by atoms with Gasteiger partial charge in [0.2, 0.25) is 11.8 Å². The fourth-order valence-electron chi connectivity index (χ4n) is 3.96. The lowest BCUT2D eigenvalue weighted by Gasteiger charge is -2.28. The van der Waals surface area contributed by atoms with E-state index in [1.807, 2.05) is 19.1 Å². The molecule has 2 aliphatic rings. The van der Waals surface area contributed by atoms with Gasteiger partial charge in [-0.1, -0.05) is 29.8 Å². The zero-order valence-corrected chi connectivity index (χ0v) is 20.3. The van der Waals surface area contributed by atoms with Crippen molar-refractivity contribution in [1.29, 1.82) is 0 Å². The minimum Gasteiger partial charge on any atom is -0.351 e. The summed E-state index contributed by atoms with van der Waals surface area (Å²) in [5, 5.41) is 11.2. The molecule has 2 aliphatic heterocycles. The van der Waals surface area contributed by atoms with Crippen LogP contribution in [0.25, 0.3) is 0 Å². The fraction of sp³-hybridized carbons (Fsp3) is 0.240. The average molecular weight is 510 g/mol. The molecule has 36 heavy (non-hydrogen) atoms. The maximum atomic E-state index is 12.9. The van der Waals surface area contributed by atoms with Crippen molar-refractivity contribution in [3.8, 4) is 0 Å². The lowest BCUT2D eigenvalue weighted by atomic mass is 10.0. The van der Waals surface area contributed by atoms with Crippen LogP contribution in [0.5, 0.6) is 0 Å². The van der Waals surface area contributed by atoms with Crippen LogP contribution < -0.4 is 21.3 Å². The number of halogens is 1. The first kappa shape index (κ1) is 24.9. The van der Waals surface area contributed by atoms with Crippen molar-refractivity contribution >= 4 is 52.6 Å². The largest absolute Gasteiger partial charge is 0.351 e. The van der Waals surface area contributed by atoms with Gasteiger partial charge in [-0.3, -0.25) is 29.4 Å². The Hall–Kier alpha value is -4.18. The number of benzene rings is 2. The molecule has 0 saturated carbocycles. The van der Waals surface area contributed by atoms with E-state index in [-0.39, 0.29) is 24.6 Å². The third-order valence-corrected chi connectivity index (χ3v) is 6.33. The second-order valence-corrected chi connectivity index (χ2v) is 8.98. The monoisotopic (exact) mass is 509 g/mol. The van der Waals surface area contributed by atoms with Gasteiger partial charge in [-0.05, 0) is 55.7 Å². The quantitative estimate of drug-likeness (QED) is 0.442. The van der Waals surface area contributed by atoms with E-state index in [0.717, 1.165) is 22.1 Å². The molecule has 1 unspecified atom stereocenters. The van der Waals surface area contributed by atoms with Crippen LogP contribution in [0.1, 0.15) is 36.9 Å². The van der Waals surface area contributed by atoms with Gasteiger partial charge in [0.1, 0.15) is 11.7 Å². The lowest BCUT2D eigenvalue weighted by Crippen LogP contribution is -2.54. The van der Waals surface area contributed by atoms with E-state index in [1.54, 1.807) is 37.3 Å². The summed E-state index contributed by atoms with van der Waals surface area (Å²) in [5.74, 6) is -2.38. The molecule has 0 aliphatic carbocycles. The maximum Gasteiger partial charge on any atom is 0.319 e. The molecule has 0 aromatic heterocycles. The molecule has 1 saturated heterocycles.